The minimum Gasteiger partial charge on any atom is -0.492 e. The molecule has 5 nitrogen and oxygen atoms in total. The highest BCUT2D eigenvalue weighted by Gasteiger charge is 2.25. The Morgan fingerprint density at radius 2 is 2.04 bits per heavy atom. The third-order valence-electron chi connectivity index (χ3n) is 3.15. The number of carboxylic acid groups (broad SMARTS) is 1. The second-order valence-electron chi connectivity index (χ2n) is 4.49. The van der Waals surface area contributed by atoms with E-state index >= 15 is 0 Å². The van der Waals surface area contributed by atoms with E-state index in [0.29, 0.717) is 0 Å². The monoisotopic (exact) mass is 374 g/mol. The maximum atomic E-state index is 14.5. The fraction of sp³-hybridized carbons (Fsp3) is 0.0667. The Kier molecular flexibility index (Phi) is 5.26. The van der Waals surface area contributed by atoms with E-state index in [1.165, 1.54) is 13.2 Å². The zero-order valence-electron chi connectivity index (χ0n) is 12.1. The number of benzene rings is 1. The molecule has 0 bridgehead atoms. The SMILES string of the molecule is COc1c(Cl)ccc(-c2nc(C(=O)O)c(C=CCl)c(N)c2F)c1F. The lowest BCUT2D eigenvalue weighted by Crippen LogP contribution is -2.11. The van der Waals surface area contributed by atoms with Crippen LogP contribution in [0.5, 0.6) is 5.75 Å². The van der Waals surface area contributed by atoms with Crippen LogP contribution in [0.15, 0.2) is 17.7 Å². The summed E-state index contributed by atoms with van der Waals surface area (Å²) < 4.78 is 33.8. The molecule has 0 amide bonds. The van der Waals surface area contributed by atoms with Crippen molar-refractivity contribution in [3.8, 4) is 17.0 Å². The van der Waals surface area contributed by atoms with Crippen molar-refractivity contribution in [1.29, 1.82) is 0 Å². The van der Waals surface area contributed by atoms with Gasteiger partial charge < -0.3 is 15.6 Å². The molecule has 1 heterocycles. The zero-order valence-corrected chi connectivity index (χ0v) is 13.6. The van der Waals surface area contributed by atoms with Gasteiger partial charge in [0, 0.05) is 16.7 Å². The second-order valence-corrected chi connectivity index (χ2v) is 5.15. The molecule has 0 aliphatic rings. The fourth-order valence-corrected chi connectivity index (χ4v) is 2.42. The van der Waals surface area contributed by atoms with Crippen molar-refractivity contribution >= 4 is 40.9 Å². The summed E-state index contributed by atoms with van der Waals surface area (Å²) in [6.07, 6.45) is 1.08. The number of nitrogens with two attached hydrogens (primary N) is 1. The smallest absolute Gasteiger partial charge is 0.355 e. The van der Waals surface area contributed by atoms with Gasteiger partial charge in [-0.05, 0) is 18.2 Å². The molecule has 126 valence electrons. The lowest BCUT2D eigenvalue weighted by molar-refractivity contribution is 0.0690. The Morgan fingerprint density at radius 1 is 1.38 bits per heavy atom. The van der Waals surface area contributed by atoms with Gasteiger partial charge in [0.05, 0.1) is 17.8 Å². The van der Waals surface area contributed by atoms with E-state index in [1.807, 2.05) is 0 Å². The van der Waals surface area contributed by atoms with Gasteiger partial charge in [-0.25, -0.2) is 18.6 Å². The largest absolute Gasteiger partial charge is 0.492 e. The predicted octanol–water partition coefficient (Wildman–Crippen LogP) is 4.18. The highest BCUT2D eigenvalue weighted by Crippen LogP contribution is 2.37. The zero-order chi connectivity index (χ0) is 18.0. The molecule has 0 spiro atoms. The highest BCUT2D eigenvalue weighted by molar-refractivity contribution is 6.32. The summed E-state index contributed by atoms with van der Waals surface area (Å²) in [6.45, 7) is 0. The van der Waals surface area contributed by atoms with Crippen LogP contribution in [-0.2, 0) is 0 Å². The highest BCUT2D eigenvalue weighted by atomic mass is 35.5. The number of nitrogen functional groups attached to an aromatic ring is 1. The van der Waals surface area contributed by atoms with Gasteiger partial charge in [0.1, 0.15) is 5.69 Å². The van der Waals surface area contributed by atoms with Crippen LogP contribution in [0.4, 0.5) is 14.5 Å². The molecule has 1 aromatic carbocycles. The van der Waals surface area contributed by atoms with Crippen LogP contribution < -0.4 is 10.5 Å². The van der Waals surface area contributed by atoms with E-state index < -0.39 is 34.7 Å². The number of carboxylic acids is 1. The summed E-state index contributed by atoms with van der Waals surface area (Å²) in [5.41, 5.74) is 4.35. The molecule has 0 radical (unpaired) electrons. The Labute approximate surface area is 145 Å². The number of methoxy groups -OCH3 is 1. The molecule has 0 aliphatic carbocycles. The number of rotatable bonds is 4. The Bertz CT molecular complexity index is 857. The standard InChI is InChI=1S/C15H10Cl2F2N2O3/c1-24-14-8(17)3-2-6(9(14)18)12-10(19)11(20)7(4-5-16)13(21-12)15(22)23/h2-5H,1H3,(H2,20,21)(H,22,23). The molecule has 0 aliphatic heterocycles. The maximum absolute atomic E-state index is 14.5. The van der Waals surface area contributed by atoms with E-state index in [2.05, 4.69) is 4.98 Å². The number of aromatic nitrogens is 1. The van der Waals surface area contributed by atoms with Crippen LogP contribution >= 0.6 is 23.2 Å². The Morgan fingerprint density at radius 3 is 2.58 bits per heavy atom. The number of carbonyl (C=O) groups is 1. The molecule has 24 heavy (non-hydrogen) atoms. The van der Waals surface area contributed by atoms with E-state index in [4.69, 9.17) is 33.7 Å². The van der Waals surface area contributed by atoms with E-state index in [0.717, 1.165) is 17.7 Å². The quantitative estimate of drug-likeness (QED) is 0.838. The van der Waals surface area contributed by atoms with E-state index in [9.17, 15) is 18.7 Å². The van der Waals surface area contributed by atoms with Crippen LogP contribution in [0.2, 0.25) is 5.02 Å². The van der Waals surface area contributed by atoms with Crippen molar-refractivity contribution in [1.82, 2.24) is 4.98 Å². The molecule has 0 saturated carbocycles. The van der Waals surface area contributed by atoms with Crippen molar-refractivity contribution in [3.05, 3.63) is 45.6 Å². The molecular weight excluding hydrogens is 365 g/mol. The van der Waals surface area contributed by atoms with Crippen molar-refractivity contribution in [2.24, 2.45) is 0 Å². The molecule has 1 aromatic heterocycles. The molecule has 9 heteroatoms. The molecule has 2 rings (SSSR count). The molecular formula is C15H10Cl2F2N2O3. The minimum atomic E-state index is -1.48. The van der Waals surface area contributed by atoms with Crippen molar-refractivity contribution in [2.75, 3.05) is 12.8 Å². The Balaban J connectivity index is 2.84. The second kappa shape index (κ2) is 7.02. The van der Waals surface area contributed by atoms with Gasteiger partial charge >= 0.3 is 5.97 Å². The van der Waals surface area contributed by atoms with Gasteiger partial charge in [0.25, 0.3) is 0 Å². The van der Waals surface area contributed by atoms with Crippen molar-refractivity contribution < 1.29 is 23.4 Å². The summed E-state index contributed by atoms with van der Waals surface area (Å²) in [5, 5.41) is 9.20. The van der Waals surface area contributed by atoms with Crippen molar-refractivity contribution in [2.45, 2.75) is 0 Å². The van der Waals surface area contributed by atoms with Crippen LogP contribution in [0.25, 0.3) is 17.3 Å². The molecule has 3 N–H and O–H groups in total. The van der Waals surface area contributed by atoms with Gasteiger partial charge in [-0.1, -0.05) is 23.2 Å². The van der Waals surface area contributed by atoms with Crippen LogP contribution in [0, 0.1) is 11.6 Å². The van der Waals surface area contributed by atoms with Crippen LogP contribution in [0.1, 0.15) is 16.1 Å². The molecule has 0 fully saturated rings. The first-order valence-corrected chi connectivity index (χ1v) is 7.16. The van der Waals surface area contributed by atoms with Gasteiger partial charge in [-0.15, -0.1) is 0 Å². The number of hydrogen-bond acceptors (Lipinski definition) is 4. The lowest BCUT2D eigenvalue weighted by atomic mass is 10.0. The summed E-state index contributed by atoms with van der Waals surface area (Å²) >= 11 is 11.2. The summed E-state index contributed by atoms with van der Waals surface area (Å²) in [5.74, 6) is -3.88. The third-order valence-corrected chi connectivity index (χ3v) is 3.58. The molecule has 0 unspecified atom stereocenters. The van der Waals surface area contributed by atoms with Gasteiger partial charge in [-0.3, -0.25) is 0 Å². The average Bonchev–Trinajstić information content (AvgIpc) is 2.53. The molecule has 0 atom stereocenters. The number of nitrogens with zero attached hydrogens (tertiary/aromatic N) is 1. The Hall–Kier alpha value is -2.38. The number of pyridine rings is 1. The van der Waals surface area contributed by atoms with E-state index in [-0.39, 0.29) is 21.9 Å². The number of ether oxygens (including phenoxy) is 1. The maximum Gasteiger partial charge on any atom is 0.355 e. The van der Waals surface area contributed by atoms with Crippen LogP contribution in [-0.4, -0.2) is 23.2 Å². The summed E-state index contributed by atoms with van der Waals surface area (Å²) in [6, 6.07) is 2.41. The minimum absolute atomic E-state index is 0.0349. The topological polar surface area (TPSA) is 85.4 Å². The average molecular weight is 375 g/mol. The first kappa shape index (κ1) is 18.0. The first-order valence-electron chi connectivity index (χ1n) is 6.34. The number of halogens is 4. The van der Waals surface area contributed by atoms with Crippen molar-refractivity contribution in [3.63, 3.8) is 0 Å². The number of anilines is 1. The number of aromatic carboxylic acids is 1. The predicted molar refractivity (Wildman–Crippen MR) is 87.4 cm³/mol. The lowest BCUT2D eigenvalue weighted by Gasteiger charge is -2.13. The third kappa shape index (κ3) is 3.00. The first-order chi connectivity index (χ1) is 11.3. The van der Waals surface area contributed by atoms with Crippen LogP contribution in [0.3, 0.4) is 0 Å². The normalized spacial score (nSPS) is 11.0. The van der Waals surface area contributed by atoms with Gasteiger partial charge in [0.2, 0.25) is 0 Å². The van der Waals surface area contributed by atoms with Gasteiger partial charge in [0.15, 0.2) is 23.1 Å². The molecule has 0 saturated heterocycles. The summed E-state index contributed by atoms with van der Waals surface area (Å²) in [7, 11) is 1.18. The molecule has 2 aromatic rings. The van der Waals surface area contributed by atoms with Gasteiger partial charge in [-0.2, -0.15) is 0 Å². The van der Waals surface area contributed by atoms with E-state index in [1.54, 1.807) is 0 Å². The summed E-state index contributed by atoms with van der Waals surface area (Å²) in [4.78, 5) is 15.0. The number of hydrogen-bond donors (Lipinski definition) is 2. The fourth-order valence-electron chi connectivity index (χ4n) is 2.07.